The summed E-state index contributed by atoms with van der Waals surface area (Å²) in [4.78, 5) is 7.91. The molecule has 0 atom stereocenters. The number of H-pyrrole nitrogens is 1. The highest BCUT2D eigenvalue weighted by molar-refractivity contribution is 5.78. The highest BCUT2D eigenvalue weighted by Crippen LogP contribution is 2.16. The molecule has 3 nitrogen and oxygen atoms in total. The van der Waals surface area contributed by atoms with Gasteiger partial charge in [-0.05, 0) is 37.1 Å². The molecule has 0 aliphatic heterocycles. The highest BCUT2D eigenvalue weighted by Gasteiger charge is 2.03. The summed E-state index contributed by atoms with van der Waals surface area (Å²) in [6, 6.07) is 14.4. The van der Waals surface area contributed by atoms with Gasteiger partial charge in [-0.15, -0.1) is 0 Å². The molecule has 0 aliphatic carbocycles. The third-order valence-electron chi connectivity index (χ3n) is 3.29. The fourth-order valence-corrected chi connectivity index (χ4v) is 2.33. The first-order valence-corrected chi connectivity index (χ1v) is 6.50. The number of nitrogens with one attached hydrogen (secondary N) is 1. The monoisotopic (exact) mass is 251 g/mol. The Hall–Kier alpha value is -2.29. The molecule has 3 rings (SSSR count). The summed E-state index contributed by atoms with van der Waals surface area (Å²) in [6.07, 6.45) is 1.91. The van der Waals surface area contributed by atoms with Gasteiger partial charge in [0.05, 0.1) is 11.0 Å². The molecule has 0 radical (unpaired) electrons. The Bertz CT molecular complexity index is 713. The summed E-state index contributed by atoms with van der Waals surface area (Å²) in [5, 5.41) is 0. The fraction of sp³-hybridized carbons (Fsp3) is 0.188. The van der Waals surface area contributed by atoms with Crippen molar-refractivity contribution >= 4 is 16.7 Å². The van der Waals surface area contributed by atoms with Crippen molar-refractivity contribution in [1.29, 1.82) is 0 Å². The molecule has 0 saturated carbocycles. The molecule has 0 unspecified atom stereocenters. The number of aromatic nitrogens is 2. The van der Waals surface area contributed by atoms with Crippen LogP contribution in [0.15, 0.2) is 42.5 Å². The average molecular weight is 251 g/mol. The number of hydrogen-bond acceptors (Lipinski definition) is 2. The summed E-state index contributed by atoms with van der Waals surface area (Å²) in [6.45, 7) is 2.12. The Kier molecular flexibility index (Phi) is 2.95. The number of aryl methyl sites for hydroxylation is 3. The van der Waals surface area contributed by atoms with E-state index >= 15 is 0 Å². The lowest BCUT2D eigenvalue weighted by atomic mass is 10.1. The zero-order valence-electron chi connectivity index (χ0n) is 11.0. The van der Waals surface area contributed by atoms with Crippen molar-refractivity contribution in [3.8, 4) is 0 Å². The van der Waals surface area contributed by atoms with Gasteiger partial charge >= 0.3 is 0 Å². The summed E-state index contributed by atoms with van der Waals surface area (Å²) < 4.78 is 0. The van der Waals surface area contributed by atoms with E-state index in [1.807, 2.05) is 18.2 Å². The molecular weight excluding hydrogens is 234 g/mol. The van der Waals surface area contributed by atoms with Crippen LogP contribution in [0.25, 0.3) is 11.0 Å². The number of nitrogens with two attached hydrogens (primary N) is 1. The fourth-order valence-electron chi connectivity index (χ4n) is 2.33. The number of fused-ring (bicyclic) bond motifs is 1. The number of hydrogen-bond donors (Lipinski definition) is 2. The van der Waals surface area contributed by atoms with Crippen molar-refractivity contribution in [3.05, 3.63) is 59.4 Å². The minimum atomic E-state index is 0.765. The third kappa shape index (κ3) is 2.60. The van der Waals surface area contributed by atoms with Crippen LogP contribution < -0.4 is 5.73 Å². The van der Waals surface area contributed by atoms with Crippen molar-refractivity contribution in [1.82, 2.24) is 9.97 Å². The van der Waals surface area contributed by atoms with E-state index in [0.29, 0.717) is 0 Å². The van der Waals surface area contributed by atoms with E-state index in [1.54, 1.807) is 0 Å². The van der Waals surface area contributed by atoms with Crippen LogP contribution in [0.3, 0.4) is 0 Å². The van der Waals surface area contributed by atoms with Crippen molar-refractivity contribution in [2.45, 2.75) is 19.8 Å². The Morgan fingerprint density at radius 2 is 2.00 bits per heavy atom. The second kappa shape index (κ2) is 4.76. The Morgan fingerprint density at radius 1 is 1.11 bits per heavy atom. The van der Waals surface area contributed by atoms with Crippen molar-refractivity contribution in [3.63, 3.8) is 0 Å². The summed E-state index contributed by atoms with van der Waals surface area (Å²) in [5.41, 5.74) is 11.2. The van der Waals surface area contributed by atoms with Crippen LogP contribution in [0.5, 0.6) is 0 Å². The minimum absolute atomic E-state index is 0.765. The summed E-state index contributed by atoms with van der Waals surface area (Å²) >= 11 is 0. The van der Waals surface area contributed by atoms with Crippen LogP contribution in [0.1, 0.15) is 17.0 Å². The molecule has 0 saturated heterocycles. The van der Waals surface area contributed by atoms with Gasteiger partial charge in [0.2, 0.25) is 0 Å². The molecule has 3 N–H and O–H groups in total. The van der Waals surface area contributed by atoms with E-state index in [1.165, 1.54) is 11.1 Å². The van der Waals surface area contributed by atoms with Crippen LogP contribution in [0.4, 0.5) is 5.69 Å². The van der Waals surface area contributed by atoms with E-state index in [9.17, 15) is 0 Å². The van der Waals surface area contributed by atoms with Gasteiger partial charge in [0, 0.05) is 12.1 Å². The first-order valence-electron chi connectivity index (χ1n) is 6.50. The number of benzene rings is 2. The second-order valence-electron chi connectivity index (χ2n) is 4.95. The number of anilines is 1. The number of rotatable bonds is 3. The lowest BCUT2D eigenvalue weighted by molar-refractivity contribution is 0.889. The van der Waals surface area contributed by atoms with Crippen molar-refractivity contribution < 1.29 is 0 Å². The predicted octanol–water partition coefficient (Wildman–Crippen LogP) is 3.24. The second-order valence-corrected chi connectivity index (χ2v) is 4.95. The van der Waals surface area contributed by atoms with Gasteiger partial charge in [-0.3, -0.25) is 0 Å². The quantitative estimate of drug-likeness (QED) is 0.702. The molecule has 1 heterocycles. The lowest BCUT2D eigenvalue weighted by Gasteiger charge is -2.00. The molecule has 3 heteroatoms. The molecule has 3 aromatic rings. The van der Waals surface area contributed by atoms with Gasteiger partial charge in [0.15, 0.2) is 0 Å². The Balaban J connectivity index is 1.78. The highest BCUT2D eigenvalue weighted by atomic mass is 14.9. The zero-order valence-corrected chi connectivity index (χ0v) is 11.0. The van der Waals surface area contributed by atoms with Gasteiger partial charge in [-0.2, -0.15) is 0 Å². The SMILES string of the molecule is Cc1cccc(CCc2nc3ccc(N)cc3[nH]2)c1. The maximum absolute atomic E-state index is 5.77. The van der Waals surface area contributed by atoms with Gasteiger partial charge in [0.1, 0.15) is 5.82 Å². The molecular formula is C16H17N3. The van der Waals surface area contributed by atoms with E-state index < -0.39 is 0 Å². The first-order chi connectivity index (χ1) is 9.20. The standard InChI is InChI=1S/C16H17N3/c1-11-3-2-4-12(9-11)5-8-16-18-14-7-6-13(17)10-15(14)19-16/h2-4,6-7,9-10H,5,8,17H2,1H3,(H,18,19). The number of nitrogens with zero attached hydrogens (tertiary/aromatic N) is 1. The Labute approximate surface area is 112 Å². The summed E-state index contributed by atoms with van der Waals surface area (Å²) in [7, 11) is 0. The zero-order chi connectivity index (χ0) is 13.2. The van der Waals surface area contributed by atoms with E-state index in [0.717, 1.165) is 35.4 Å². The van der Waals surface area contributed by atoms with Crippen LogP contribution in [-0.4, -0.2) is 9.97 Å². The van der Waals surface area contributed by atoms with Crippen LogP contribution in [-0.2, 0) is 12.8 Å². The molecule has 0 aliphatic rings. The van der Waals surface area contributed by atoms with Crippen molar-refractivity contribution in [2.75, 3.05) is 5.73 Å². The number of nitrogen functional groups attached to an aromatic ring is 1. The maximum Gasteiger partial charge on any atom is 0.107 e. The van der Waals surface area contributed by atoms with Crippen LogP contribution >= 0.6 is 0 Å². The molecule has 0 amide bonds. The lowest BCUT2D eigenvalue weighted by Crippen LogP contribution is -1.93. The normalized spacial score (nSPS) is 11.0. The third-order valence-corrected chi connectivity index (χ3v) is 3.29. The van der Waals surface area contributed by atoms with E-state index in [2.05, 4.69) is 41.2 Å². The molecule has 0 spiro atoms. The maximum atomic E-state index is 5.77. The van der Waals surface area contributed by atoms with Gasteiger partial charge in [-0.25, -0.2) is 4.98 Å². The number of aromatic amines is 1. The van der Waals surface area contributed by atoms with Crippen LogP contribution in [0.2, 0.25) is 0 Å². The molecule has 2 aromatic carbocycles. The molecule has 0 bridgehead atoms. The van der Waals surface area contributed by atoms with Gasteiger partial charge < -0.3 is 10.7 Å². The van der Waals surface area contributed by atoms with Crippen molar-refractivity contribution in [2.24, 2.45) is 0 Å². The molecule has 96 valence electrons. The predicted molar refractivity (Wildman–Crippen MR) is 79.1 cm³/mol. The van der Waals surface area contributed by atoms with E-state index in [-0.39, 0.29) is 0 Å². The average Bonchev–Trinajstić information content (AvgIpc) is 2.78. The largest absolute Gasteiger partial charge is 0.399 e. The topological polar surface area (TPSA) is 54.7 Å². The minimum Gasteiger partial charge on any atom is -0.399 e. The van der Waals surface area contributed by atoms with Gasteiger partial charge in [0.25, 0.3) is 0 Å². The Morgan fingerprint density at radius 3 is 2.84 bits per heavy atom. The van der Waals surface area contributed by atoms with Crippen LogP contribution in [0, 0.1) is 6.92 Å². The molecule has 19 heavy (non-hydrogen) atoms. The smallest absolute Gasteiger partial charge is 0.107 e. The first kappa shape index (κ1) is 11.8. The summed E-state index contributed by atoms with van der Waals surface area (Å²) in [5.74, 6) is 1.02. The molecule has 1 aromatic heterocycles. The van der Waals surface area contributed by atoms with Gasteiger partial charge in [-0.1, -0.05) is 29.8 Å². The van der Waals surface area contributed by atoms with E-state index in [4.69, 9.17) is 5.73 Å². The molecule has 0 fully saturated rings. The number of imidazole rings is 1.